The molecular weight excluding hydrogens is 368 g/mol. The summed E-state index contributed by atoms with van der Waals surface area (Å²) in [7, 11) is 0. The molecule has 0 aliphatic carbocycles. The number of nitrogens with zero attached hydrogens (tertiary/aromatic N) is 5. The Labute approximate surface area is 157 Å². The van der Waals surface area contributed by atoms with Gasteiger partial charge >= 0.3 is 5.69 Å². The molecule has 0 atom stereocenters. The van der Waals surface area contributed by atoms with Crippen molar-refractivity contribution in [2.45, 2.75) is 6.54 Å². The van der Waals surface area contributed by atoms with Crippen molar-refractivity contribution in [3.8, 4) is 0 Å². The molecule has 1 aromatic carbocycles. The van der Waals surface area contributed by atoms with Crippen LogP contribution in [-0.4, -0.2) is 24.8 Å². The van der Waals surface area contributed by atoms with Crippen LogP contribution in [0.2, 0.25) is 0 Å². The summed E-state index contributed by atoms with van der Waals surface area (Å²) in [5.74, 6) is -0.0242. The molecule has 0 saturated carbocycles. The first-order chi connectivity index (χ1) is 13.5. The van der Waals surface area contributed by atoms with Crippen LogP contribution in [0.1, 0.15) is 5.56 Å². The second-order valence-electron chi connectivity index (χ2n) is 5.45. The van der Waals surface area contributed by atoms with Crippen LogP contribution < -0.4 is 16.2 Å². The van der Waals surface area contributed by atoms with E-state index >= 15 is 0 Å². The van der Waals surface area contributed by atoms with Gasteiger partial charge in [0.15, 0.2) is 0 Å². The third-order valence-electron chi connectivity index (χ3n) is 3.59. The van der Waals surface area contributed by atoms with Crippen molar-refractivity contribution in [1.29, 1.82) is 0 Å². The van der Waals surface area contributed by atoms with Crippen LogP contribution in [0.5, 0.6) is 0 Å². The highest BCUT2D eigenvalue weighted by Gasteiger charge is 2.23. The lowest BCUT2D eigenvalue weighted by molar-refractivity contribution is -0.384. The number of anilines is 3. The van der Waals surface area contributed by atoms with E-state index in [9.17, 15) is 20.2 Å². The molecule has 3 aromatic rings. The number of pyridine rings is 1. The molecule has 3 rings (SSSR count). The number of hydrazine groups is 1. The summed E-state index contributed by atoms with van der Waals surface area (Å²) in [6.07, 6.45) is 4.44. The van der Waals surface area contributed by atoms with Gasteiger partial charge in [-0.25, -0.2) is 9.97 Å². The molecule has 28 heavy (non-hydrogen) atoms. The number of nitro groups is 2. The Morgan fingerprint density at radius 3 is 2.32 bits per heavy atom. The van der Waals surface area contributed by atoms with Gasteiger partial charge in [0.05, 0.1) is 15.5 Å². The van der Waals surface area contributed by atoms with Gasteiger partial charge in [0.2, 0.25) is 11.6 Å². The quantitative estimate of drug-likeness (QED) is 0.390. The average molecular weight is 382 g/mol. The second kappa shape index (κ2) is 8.35. The molecular formula is C16H14N8O4. The van der Waals surface area contributed by atoms with Gasteiger partial charge in [-0.2, -0.15) is 0 Å². The Morgan fingerprint density at radius 1 is 0.929 bits per heavy atom. The summed E-state index contributed by atoms with van der Waals surface area (Å²) in [5, 5.41) is 25.1. The maximum Gasteiger partial charge on any atom is 0.354 e. The molecule has 0 bridgehead atoms. The van der Waals surface area contributed by atoms with Gasteiger partial charge in [-0.3, -0.25) is 36.1 Å². The van der Waals surface area contributed by atoms with E-state index in [4.69, 9.17) is 0 Å². The number of hydrogen-bond acceptors (Lipinski definition) is 10. The number of benzene rings is 1. The van der Waals surface area contributed by atoms with Gasteiger partial charge in [0.25, 0.3) is 5.69 Å². The first kappa shape index (κ1) is 18.4. The predicted octanol–water partition coefficient (Wildman–Crippen LogP) is 2.74. The summed E-state index contributed by atoms with van der Waals surface area (Å²) >= 11 is 0. The number of nitro benzene ring substituents is 1. The van der Waals surface area contributed by atoms with Gasteiger partial charge in [-0.1, -0.05) is 6.07 Å². The van der Waals surface area contributed by atoms with E-state index in [-0.39, 0.29) is 23.0 Å². The molecule has 0 amide bonds. The van der Waals surface area contributed by atoms with Crippen LogP contribution in [0.3, 0.4) is 0 Å². The average Bonchev–Trinajstić information content (AvgIpc) is 2.71. The van der Waals surface area contributed by atoms with Gasteiger partial charge in [0, 0.05) is 31.1 Å². The highest BCUT2D eigenvalue weighted by atomic mass is 16.6. The van der Waals surface area contributed by atoms with E-state index in [1.165, 1.54) is 30.6 Å². The number of aromatic nitrogens is 3. The van der Waals surface area contributed by atoms with Crippen molar-refractivity contribution < 1.29 is 9.85 Å². The van der Waals surface area contributed by atoms with Crippen LogP contribution >= 0.6 is 0 Å². The minimum absolute atomic E-state index is 0.0388. The third-order valence-corrected chi connectivity index (χ3v) is 3.59. The molecule has 2 heterocycles. The smallest absolute Gasteiger partial charge is 0.354 e. The summed E-state index contributed by atoms with van der Waals surface area (Å²) in [4.78, 5) is 32.9. The Bertz CT molecular complexity index is 982. The van der Waals surface area contributed by atoms with Crippen molar-refractivity contribution in [1.82, 2.24) is 15.0 Å². The molecule has 0 unspecified atom stereocenters. The van der Waals surface area contributed by atoms with E-state index in [1.54, 1.807) is 18.5 Å². The fourth-order valence-electron chi connectivity index (χ4n) is 2.26. The zero-order valence-corrected chi connectivity index (χ0v) is 14.3. The van der Waals surface area contributed by atoms with E-state index in [0.717, 1.165) is 5.56 Å². The van der Waals surface area contributed by atoms with E-state index in [1.807, 2.05) is 6.07 Å². The molecule has 2 aromatic heterocycles. The fourth-order valence-corrected chi connectivity index (χ4v) is 2.26. The monoisotopic (exact) mass is 382 g/mol. The van der Waals surface area contributed by atoms with Gasteiger partial charge in [0.1, 0.15) is 6.33 Å². The van der Waals surface area contributed by atoms with Crippen LogP contribution in [-0.2, 0) is 6.54 Å². The number of rotatable bonds is 8. The third kappa shape index (κ3) is 4.43. The number of nitrogens with one attached hydrogen (secondary N) is 3. The first-order valence-electron chi connectivity index (χ1n) is 7.93. The minimum Gasteiger partial charge on any atom is -0.360 e. The number of hydrogen-bond donors (Lipinski definition) is 3. The summed E-state index contributed by atoms with van der Waals surface area (Å²) in [5.41, 5.74) is 6.23. The summed E-state index contributed by atoms with van der Waals surface area (Å²) in [6, 6.07) is 9.10. The zero-order chi connectivity index (χ0) is 19.9. The molecule has 3 N–H and O–H groups in total. The van der Waals surface area contributed by atoms with Crippen LogP contribution in [0, 0.1) is 20.2 Å². The zero-order valence-electron chi connectivity index (χ0n) is 14.3. The molecule has 0 radical (unpaired) electrons. The Hall–Kier alpha value is -4.35. The molecule has 0 spiro atoms. The standard InChI is InChI=1S/C16H14N8O4/c25-23(26)13-5-3-12(4-6-13)21-22-16-14(24(27)28)15(19-10-20-16)18-9-11-2-1-7-17-8-11/h1-8,10,21H,9H2,(H2,18,19,20,22). The lowest BCUT2D eigenvalue weighted by Crippen LogP contribution is -2.14. The molecule has 12 nitrogen and oxygen atoms in total. The van der Waals surface area contributed by atoms with E-state index < -0.39 is 9.85 Å². The fraction of sp³-hybridized carbons (Fsp3) is 0.0625. The molecule has 0 saturated heterocycles. The van der Waals surface area contributed by atoms with Crippen LogP contribution in [0.4, 0.5) is 28.7 Å². The maximum atomic E-state index is 11.5. The predicted molar refractivity (Wildman–Crippen MR) is 101 cm³/mol. The minimum atomic E-state index is -0.606. The second-order valence-corrected chi connectivity index (χ2v) is 5.45. The van der Waals surface area contributed by atoms with E-state index in [2.05, 4.69) is 31.1 Å². The first-order valence-corrected chi connectivity index (χ1v) is 7.93. The summed E-state index contributed by atoms with van der Waals surface area (Å²) < 4.78 is 0. The lowest BCUT2D eigenvalue weighted by atomic mass is 10.3. The Morgan fingerprint density at radius 2 is 1.68 bits per heavy atom. The molecule has 0 fully saturated rings. The van der Waals surface area contributed by atoms with Crippen molar-refractivity contribution in [3.05, 3.63) is 80.9 Å². The van der Waals surface area contributed by atoms with Gasteiger partial charge < -0.3 is 5.32 Å². The Balaban J connectivity index is 1.75. The normalized spacial score (nSPS) is 10.1. The SMILES string of the molecule is O=[N+]([O-])c1ccc(NNc2ncnc(NCc3cccnc3)c2[N+](=O)[O-])cc1. The van der Waals surface area contributed by atoms with Gasteiger partial charge in [-0.05, 0) is 23.8 Å². The lowest BCUT2D eigenvalue weighted by Gasteiger charge is -2.11. The molecule has 0 aliphatic heterocycles. The van der Waals surface area contributed by atoms with Crippen molar-refractivity contribution in [2.75, 3.05) is 16.2 Å². The van der Waals surface area contributed by atoms with Crippen molar-refractivity contribution in [2.24, 2.45) is 0 Å². The number of non-ortho nitro benzene ring substituents is 1. The largest absolute Gasteiger partial charge is 0.360 e. The van der Waals surface area contributed by atoms with Gasteiger partial charge in [-0.15, -0.1) is 0 Å². The van der Waals surface area contributed by atoms with Crippen LogP contribution in [0.15, 0.2) is 55.1 Å². The molecule has 12 heteroatoms. The summed E-state index contributed by atoms with van der Waals surface area (Å²) in [6.45, 7) is 0.293. The van der Waals surface area contributed by atoms with Crippen molar-refractivity contribution in [3.63, 3.8) is 0 Å². The van der Waals surface area contributed by atoms with E-state index in [0.29, 0.717) is 12.2 Å². The molecule has 142 valence electrons. The topological polar surface area (TPSA) is 161 Å². The highest BCUT2D eigenvalue weighted by molar-refractivity contribution is 5.70. The van der Waals surface area contributed by atoms with Crippen molar-refractivity contribution >= 4 is 28.7 Å². The Kier molecular flexibility index (Phi) is 5.50. The highest BCUT2D eigenvalue weighted by Crippen LogP contribution is 2.29. The van der Waals surface area contributed by atoms with Crippen LogP contribution in [0.25, 0.3) is 0 Å². The molecule has 0 aliphatic rings. The maximum absolute atomic E-state index is 11.5.